The maximum Gasteiger partial charge on any atom is 0.255 e. The minimum Gasteiger partial charge on any atom is -0.339 e. The van der Waals surface area contributed by atoms with E-state index in [0.29, 0.717) is 30.1 Å². The number of benzene rings is 2. The Morgan fingerprint density at radius 2 is 1.60 bits per heavy atom. The van der Waals surface area contributed by atoms with Gasteiger partial charge in [0.05, 0.1) is 17.0 Å². The molecule has 5 heteroatoms. The van der Waals surface area contributed by atoms with Gasteiger partial charge in [-0.15, -0.1) is 11.8 Å². The van der Waals surface area contributed by atoms with E-state index < -0.39 is 0 Å². The van der Waals surface area contributed by atoms with Crippen LogP contribution in [-0.4, -0.2) is 35.6 Å². The molecule has 0 aliphatic rings. The van der Waals surface area contributed by atoms with Crippen LogP contribution in [0.3, 0.4) is 0 Å². The van der Waals surface area contributed by atoms with Gasteiger partial charge in [0.1, 0.15) is 0 Å². The molecule has 0 radical (unpaired) electrons. The summed E-state index contributed by atoms with van der Waals surface area (Å²) in [5, 5.41) is 2.87. The Kier molecular flexibility index (Phi) is 7.54. The normalized spacial score (nSPS) is 10.3. The largest absolute Gasteiger partial charge is 0.339 e. The van der Waals surface area contributed by atoms with Gasteiger partial charge in [0.25, 0.3) is 5.91 Å². The van der Waals surface area contributed by atoms with Gasteiger partial charge in [0.15, 0.2) is 0 Å². The number of nitrogens with zero attached hydrogens (tertiary/aromatic N) is 1. The standard InChI is InChI=1S/C20H24N2O2S/c1-3-22(4-2)20(24)17-12-8-9-13-18(17)21-19(23)15-25-14-16-10-6-5-7-11-16/h5-13H,3-4,14-15H2,1-2H3,(H,21,23). The molecular formula is C20H24N2O2S. The van der Waals surface area contributed by atoms with E-state index in [9.17, 15) is 9.59 Å². The number of hydrogen-bond acceptors (Lipinski definition) is 3. The van der Waals surface area contributed by atoms with Crippen molar-refractivity contribution >= 4 is 29.3 Å². The zero-order chi connectivity index (χ0) is 18.1. The molecule has 4 nitrogen and oxygen atoms in total. The van der Waals surface area contributed by atoms with E-state index >= 15 is 0 Å². The molecule has 2 amide bonds. The smallest absolute Gasteiger partial charge is 0.255 e. The van der Waals surface area contributed by atoms with Gasteiger partial charge in [0.2, 0.25) is 5.91 Å². The molecule has 2 aromatic carbocycles. The van der Waals surface area contributed by atoms with Crippen molar-refractivity contribution in [3.8, 4) is 0 Å². The van der Waals surface area contributed by atoms with Gasteiger partial charge in [-0.05, 0) is 31.5 Å². The van der Waals surface area contributed by atoms with E-state index in [2.05, 4.69) is 5.32 Å². The first-order chi connectivity index (χ1) is 12.2. The average molecular weight is 356 g/mol. The Balaban J connectivity index is 1.95. The zero-order valence-electron chi connectivity index (χ0n) is 14.7. The van der Waals surface area contributed by atoms with Gasteiger partial charge in [-0.2, -0.15) is 0 Å². The van der Waals surface area contributed by atoms with Crippen LogP contribution < -0.4 is 5.32 Å². The molecule has 0 aromatic heterocycles. The predicted molar refractivity (Wildman–Crippen MR) is 105 cm³/mol. The second kappa shape index (κ2) is 9.89. The number of amides is 2. The molecule has 0 aliphatic heterocycles. The highest BCUT2D eigenvalue weighted by atomic mass is 32.2. The minimum atomic E-state index is -0.0965. The number of carbonyl (C=O) groups is 2. The Bertz CT molecular complexity index is 700. The fourth-order valence-corrected chi connectivity index (χ4v) is 3.27. The summed E-state index contributed by atoms with van der Waals surface area (Å²) in [5.41, 5.74) is 2.30. The average Bonchev–Trinajstić information content (AvgIpc) is 2.64. The van der Waals surface area contributed by atoms with E-state index in [1.807, 2.05) is 56.3 Å². The van der Waals surface area contributed by atoms with Crippen LogP contribution in [-0.2, 0) is 10.5 Å². The molecule has 0 bridgehead atoms. The summed E-state index contributed by atoms with van der Waals surface area (Å²) in [5.74, 6) is 0.982. The lowest BCUT2D eigenvalue weighted by Gasteiger charge is -2.20. The molecule has 0 saturated carbocycles. The number of hydrogen-bond donors (Lipinski definition) is 1. The molecule has 1 N–H and O–H groups in total. The summed E-state index contributed by atoms with van der Waals surface area (Å²) in [7, 11) is 0. The first-order valence-electron chi connectivity index (χ1n) is 8.45. The number of para-hydroxylation sites is 1. The maximum absolute atomic E-state index is 12.6. The van der Waals surface area contributed by atoms with Crippen LogP contribution in [0.1, 0.15) is 29.8 Å². The van der Waals surface area contributed by atoms with Gasteiger partial charge >= 0.3 is 0 Å². The summed E-state index contributed by atoms with van der Waals surface area (Å²) >= 11 is 1.56. The van der Waals surface area contributed by atoms with Crippen LogP contribution in [0, 0.1) is 0 Å². The lowest BCUT2D eigenvalue weighted by atomic mass is 10.1. The SMILES string of the molecule is CCN(CC)C(=O)c1ccccc1NC(=O)CSCc1ccccc1. The van der Waals surface area contributed by atoms with Gasteiger partial charge < -0.3 is 10.2 Å². The van der Waals surface area contributed by atoms with Crippen LogP contribution in [0.2, 0.25) is 0 Å². The number of thioether (sulfide) groups is 1. The lowest BCUT2D eigenvalue weighted by Crippen LogP contribution is -2.31. The molecule has 2 aromatic rings. The van der Waals surface area contributed by atoms with E-state index in [1.54, 1.807) is 28.8 Å². The quantitative estimate of drug-likeness (QED) is 0.776. The Labute approximate surface area is 153 Å². The molecule has 0 fully saturated rings. The van der Waals surface area contributed by atoms with Crippen molar-refractivity contribution in [3.05, 3.63) is 65.7 Å². The predicted octanol–water partition coefficient (Wildman–Crippen LogP) is 4.04. The fourth-order valence-electron chi connectivity index (χ4n) is 2.48. The summed E-state index contributed by atoms with van der Waals surface area (Å²) in [6.45, 7) is 5.18. The zero-order valence-corrected chi connectivity index (χ0v) is 15.5. The third-order valence-corrected chi connectivity index (χ3v) is 4.83. The Morgan fingerprint density at radius 1 is 0.960 bits per heavy atom. The van der Waals surface area contributed by atoms with Crippen molar-refractivity contribution in [2.45, 2.75) is 19.6 Å². The molecular weight excluding hydrogens is 332 g/mol. The van der Waals surface area contributed by atoms with E-state index in [1.165, 1.54) is 5.56 Å². The highest BCUT2D eigenvalue weighted by molar-refractivity contribution is 7.99. The summed E-state index contributed by atoms with van der Waals surface area (Å²) in [4.78, 5) is 26.6. The molecule has 0 saturated heterocycles. The maximum atomic E-state index is 12.6. The van der Waals surface area contributed by atoms with Gasteiger partial charge in [-0.1, -0.05) is 42.5 Å². The third-order valence-electron chi connectivity index (χ3n) is 3.83. The van der Waals surface area contributed by atoms with Crippen LogP contribution in [0.15, 0.2) is 54.6 Å². The molecule has 0 heterocycles. The number of carbonyl (C=O) groups excluding carboxylic acids is 2. The Hall–Kier alpha value is -2.27. The van der Waals surface area contributed by atoms with Gasteiger partial charge in [-0.3, -0.25) is 9.59 Å². The monoisotopic (exact) mass is 356 g/mol. The molecule has 0 unspecified atom stereocenters. The first kappa shape index (κ1) is 19.1. The van der Waals surface area contributed by atoms with Crippen molar-refractivity contribution in [2.75, 3.05) is 24.2 Å². The van der Waals surface area contributed by atoms with E-state index in [4.69, 9.17) is 0 Å². The third kappa shape index (κ3) is 5.64. The highest BCUT2D eigenvalue weighted by Gasteiger charge is 2.17. The first-order valence-corrected chi connectivity index (χ1v) is 9.61. The van der Waals surface area contributed by atoms with Gasteiger partial charge in [-0.25, -0.2) is 0 Å². The molecule has 132 valence electrons. The lowest BCUT2D eigenvalue weighted by molar-refractivity contribution is -0.113. The molecule has 2 rings (SSSR count). The molecule has 0 atom stereocenters. The molecule has 0 aliphatic carbocycles. The van der Waals surface area contributed by atoms with Crippen LogP contribution in [0.4, 0.5) is 5.69 Å². The van der Waals surface area contributed by atoms with Crippen molar-refractivity contribution < 1.29 is 9.59 Å². The number of nitrogens with one attached hydrogen (secondary N) is 1. The summed E-state index contributed by atoms with van der Waals surface area (Å²) < 4.78 is 0. The highest BCUT2D eigenvalue weighted by Crippen LogP contribution is 2.18. The second-order valence-corrected chi connectivity index (χ2v) is 6.54. The summed E-state index contributed by atoms with van der Waals surface area (Å²) in [6, 6.07) is 17.2. The number of rotatable bonds is 8. The number of anilines is 1. The summed E-state index contributed by atoms with van der Waals surface area (Å²) in [6.07, 6.45) is 0. The van der Waals surface area contributed by atoms with Crippen molar-refractivity contribution in [3.63, 3.8) is 0 Å². The van der Waals surface area contributed by atoms with Crippen molar-refractivity contribution in [1.29, 1.82) is 0 Å². The van der Waals surface area contributed by atoms with Crippen LogP contribution in [0.5, 0.6) is 0 Å². The van der Waals surface area contributed by atoms with E-state index in [-0.39, 0.29) is 11.8 Å². The molecule has 25 heavy (non-hydrogen) atoms. The van der Waals surface area contributed by atoms with Crippen LogP contribution in [0.25, 0.3) is 0 Å². The van der Waals surface area contributed by atoms with Gasteiger partial charge in [0, 0.05) is 18.8 Å². The van der Waals surface area contributed by atoms with Crippen molar-refractivity contribution in [2.24, 2.45) is 0 Å². The Morgan fingerprint density at radius 3 is 2.28 bits per heavy atom. The fraction of sp³-hybridized carbons (Fsp3) is 0.300. The minimum absolute atomic E-state index is 0.0576. The van der Waals surface area contributed by atoms with Crippen LogP contribution >= 0.6 is 11.8 Å². The molecule has 0 spiro atoms. The second-order valence-electron chi connectivity index (χ2n) is 5.55. The van der Waals surface area contributed by atoms with E-state index in [0.717, 1.165) is 5.75 Å². The van der Waals surface area contributed by atoms with Crippen molar-refractivity contribution in [1.82, 2.24) is 4.90 Å². The topological polar surface area (TPSA) is 49.4 Å².